The minimum atomic E-state index is 0.846. The molecule has 1 saturated heterocycles. The van der Waals surface area contributed by atoms with Gasteiger partial charge < -0.3 is 10.6 Å². The first-order chi connectivity index (χ1) is 10.4. The predicted octanol–water partition coefficient (Wildman–Crippen LogP) is 3.69. The molecule has 1 unspecified atom stereocenters. The summed E-state index contributed by atoms with van der Waals surface area (Å²) in [7, 11) is 0. The predicted molar refractivity (Wildman–Crippen MR) is 89.8 cm³/mol. The van der Waals surface area contributed by atoms with Crippen molar-refractivity contribution in [3.63, 3.8) is 0 Å². The van der Waals surface area contributed by atoms with Crippen LogP contribution >= 0.6 is 0 Å². The third-order valence-electron chi connectivity index (χ3n) is 4.29. The molecule has 0 saturated carbocycles. The molecule has 2 heteroatoms. The van der Waals surface area contributed by atoms with Gasteiger partial charge in [-0.05, 0) is 55.5 Å². The van der Waals surface area contributed by atoms with Gasteiger partial charge >= 0.3 is 0 Å². The molecular formula is C19H24N2. The van der Waals surface area contributed by atoms with Gasteiger partial charge in [0, 0.05) is 12.2 Å². The molecule has 1 heterocycles. The second-order valence-corrected chi connectivity index (χ2v) is 5.89. The van der Waals surface area contributed by atoms with E-state index in [9.17, 15) is 0 Å². The van der Waals surface area contributed by atoms with Crippen molar-refractivity contribution in [3.8, 4) is 0 Å². The molecule has 1 aliphatic rings. The van der Waals surface area contributed by atoms with Crippen molar-refractivity contribution in [2.75, 3.05) is 25.0 Å². The fourth-order valence-electron chi connectivity index (χ4n) is 3.03. The number of anilines is 1. The van der Waals surface area contributed by atoms with E-state index in [0.717, 1.165) is 18.9 Å². The fourth-order valence-corrected chi connectivity index (χ4v) is 3.03. The van der Waals surface area contributed by atoms with E-state index in [1.807, 2.05) is 0 Å². The lowest BCUT2D eigenvalue weighted by atomic mass is 10.0. The van der Waals surface area contributed by atoms with Crippen LogP contribution in [0.25, 0.3) is 0 Å². The summed E-state index contributed by atoms with van der Waals surface area (Å²) in [4.78, 5) is 0. The van der Waals surface area contributed by atoms with E-state index in [1.54, 1.807) is 0 Å². The van der Waals surface area contributed by atoms with E-state index in [-0.39, 0.29) is 0 Å². The minimum absolute atomic E-state index is 0.846. The first kappa shape index (κ1) is 14.2. The van der Waals surface area contributed by atoms with Crippen LogP contribution in [0.4, 0.5) is 5.69 Å². The Kier molecular flexibility index (Phi) is 4.90. The van der Waals surface area contributed by atoms with Crippen LogP contribution in [0.5, 0.6) is 0 Å². The van der Waals surface area contributed by atoms with Crippen molar-refractivity contribution in [2.24, 2.45) is 5.92 Å². The third-order valence-corrected chi connectivity index (χ3v) is 4.29. The van der Waals surface area contributed by atoms with Crippen molar-refractivity contribution in [3.05, 3.63) is 65.7 Å². The van der Waals surface area contributed by atoms with Gasteiger partial charge in [-0.15, -0.1) is 0 Å². The summed E-state index contributed by atoms with van der Waals surface area (Å²) in [5, 5.41) is 7.07. The van der Waals surface area contributed by atoms with E-state index < -0.39 is 0 Å². The van der Waals surface area contributed by atoms with Crippen LogP contribution in [0.1, 0.15) is 24.0 Å². The van der Waals surface area contributed by atoms with E-state index in [4.69, 9.17) is 0 Å². The summed E-state index contributed by atoms with van der Waals surface area (Å²) in [6.45, 7) is 3.45. The van der Waals surface area contributed by atoms with Gasteiger partial charge in [-0.1, -0.05) is 48.5 Å². The lowest BCUT2D eigenvalue weighted by Crippen LogP contribution is -2.13. The maximum atomic E-state index is 3.63. The highest BCUT2D eigenvalue weighted by atomic mass is 14.9. The second-order valence-electron chi connectivity index (χ2n) is 5.89. The van der Waals surface area contributed by atoms with Crippen molar-refractivity contribution < 1.29 is 0 Å². The summed E-state index contributed by atoms with van der Waals surface area (Å²) in [5.41, 5.74) is 4.03. The van der Waals surface area contributed by atoms with Crippen LogP contribution in [0, 0.1) is 5.92 Å². The Morgan fingerprint density at radius 3 is 2.62 bits per heavy atom. The monoisotopic (exact) mass is 280 g/mol. The van der Waals surface area contributed by atoms with Crippen molar-refractivity contribution in [1.82, 2.24) is 5.32 Å². The van der Waals surface area contributed by atoms with Gasteiger partial charge in [0.2, 0.25) is 0 Å². The van der Waals surface area contributed by atoms with Gasteiger partial charge in [-0.3, -0.25) is 0 Å². The van der Waals surface area contributed by atoms with E-state index in [1.165, 1.54) is 42.7 Å². The van der Waals surface area contributed by atoms with Crippen molar-refractivity contribution in [1.29, 1.82) is 0 Å². The Bertz CT molecular complexity index is 545. The first-order valence-corrected chi connectivity index (χ1v) is 7.98. The van der Waals surface area contributed by atoms with Crippen LogP contribution < -0.4 is 10.6 Å². The minimum Gasteiger partial charge on any atom is -0.385 e. The molecule has 0 spiro atoms. The molecule has 0 radical (unpaired) electrons. The van der Waals surface area contributed by atoms with Crippen molar-refractivity contribution in [2.45, 2.75) is 19.3 Å². The zero-order valence-corrected chi connectivity index (χ0v) is 12.5. The van der Waals surface area contributed by atoms with Gasteiger partial charge in [0.15, 0.2) is 0 Å². The average molecular weight is 280 g/mol. The number of para-hydroxylation sites is 1. The van der Waals surface area contributed by atoms with Crippen molar-refractivity contribution >= 4 is 5.69 Å². The molecule has 2 aromatic carbocycles. The van der Waals surface area contributed by atoms with Crippen LogP contribution in [-0.4, -0.2) is 19.6 Å². The molecule has 3 rings (SSSR count). The van der Waals surface area contributed by atoms with E-state index in [0.29, 0.717) is 0 Å². The summed E-state index contributed by atoms with van der Waals surface area (Å²) < 4.78 is 0. The first-order valence-electron chi connectivity index (χ1n) is 7.98. The van der Waals surface area contributed by atoms with Gasteiger partial charge in [0.1, 0.15) is 0 Å². The zero-order chi connectivity index (χ0) is 14.3. The molecule has 0 aromatic heterocycles. The van der Waals surface area contributed by atoms with Crippen LogP contribution in [0.3, 0.4) is 0 Å². The average Bonchev–Trinajstić information content (AvgIpc) is 3.03. The Balaban J connectivity index is 1.59. The molecule has 2 aromatic rings. The molecule has 0 bridgehead atoms. The molecule has 2 N–H and O–H groups in total. The quantitative estimate of drug-likeness (QED) is 0.843. The number of hydrogen-bond donors (Lipinski definition) is 2. The smallest absolute Gasteiger partial charge is 0.0376 e. The van der Waals surface area contributed by atoms with Crippen LogP contribution in [-0.2, 0) is 6.42 Å². The van der Waals surface area contributed by atoms with E-state index in [2.05, 4.69) is 65.2 Å². The number of rotatable bonds is 6. The van der Waals surface area contributed by atoms with Crippen LogP contribution in [0.2, 0.25) is 0 Å². The lowest BCUT2D eigenvalue weighted by molar-refractivity contribution is 0.549. The van der Waals surface area contributed by atoms with Gasteiger partial charge in [0.25, 0.3) is 0 Å². The summed E-state index contributed by atoms with van der Waals surface area (Å²) in [6.07, 6.45) is 3.58. The molecule has 1 atom stereocenters. The maximum Gasteiger partial charge on any atom is 0.0376 e. The molecule has 0 aliphatic carbocycles. The van der Waals surface area contributed by atoms with E-state index >= 15 is 0 Å². The molecule has 2 nitrogen and oxygen atoms in total. The summed E-state index contributed by atoms with van der Waals surface area (Å²) in [5.74, 6) is 0.846. The Morgan fingerprint density at radius 1 is 1.00 bits per heavy atom. The molecule has 110 valence electrons. The Hall–Kier alpha value is -1.80. The van der Waals surface area contributed by atoms with Gasteiger partial charge in [-0.25, -0.2) is 0 Å². The topological polar surface area (TPSA) is 24.1 Å². The molecule has 0 amide bonds. The molecular weight excluding hydrogens is 256 g/mol. The number of benzene rings is 2. The van der Waals surface area contributed by atoms with Crippen LogP contribution in [0.15, 0.2) is 54.6 Å². The molecule has 21 heavy (non-hydrogen) atoms. The standard InChI is InChI=1S/C19H24N2/c1-2-6-16(7-3-1)14-18-8-4-5-9-19(18)21-13-11-17-10-12-20-15-17/h1-9,17,20-21H,10-15H2. The highest BCUT2D eigenvalue weighted by Gasteiger charge is 2.13. The SMILES string of the molecule is c1ccc(Cc2ccccc2NCCC2CCNC2)cc1. The fraction of sp³-hybridized carbons (Fsp3) is 0.368. The third kappa shape index (κ3) is 4.08. The highest BCUT2D eigenvalue weighted by Crippen LogP contribution is 2.20. The van der Waals surface area contributed by atoms with Gasteiger partial charge in [-0.2, -0.15) is 0 Å². The summed E-state index contributed by atoms with van der Waals surface area (Å²) in [6, 6.07) is 19.4. The zero-order valence-electron chi connectivity index (χ0n) is 12.5. The largest absolute Gasteiger partial charge is 0.385 e. The Morgan fingerprint density at radius 2 is 1.81 bits per heavy atom. The Labute approximate surface area is 127 Å². The highest BCUT2D eigenvalue weighted by molar-refractivity contribution is 5.52. The normalized spacial score (nSPS) is 17.8. The summed E-state index contributed by atoms with van der Waals surface area (Å²) >= 11 is 0. The molecule has 1 aliphatic heterocycles. The maximum absolute atomic E-state index is 3.63. The lowest BCUT2D eigenvalue weighted by Gasteiger charge is -2.14. The second kappa shape index (κ2) is 7.28. The van der Waals surface area contributed by atoms with Gasteiger partial charge in [0.05, 0.1) is 0 Å². The number of hydrogen-bond acceptors (Lipinski definition) is 2. The molecule has 1 fully saturated rings. The number of nitrogens with one attached hydrogen (secondary N) is 2.